The van der Waals surface area contributed by atoms with Crippen molar-refractivity contribution in [1.82, 2.24) is 0 Å². The van der Waals surface area contributed by atoms with Crippen LogP contribution in [0.3, 0.4) is 0 Å². The minimum Gasteiger partial charge on any atom is -0.397 e. The molecule has 88 valence electrons. The molecule has 16 heavy (non-hydrogen) atoms. The van der Waals surface area contributed by atoms with Gasteiger partial charge in [0.25, 0.3) is 0 Å². The summed E-state index contributed by atoms with van der Waals surface area (Å²) in [5.74, 6) is 0. The first-order valence-electron chi connectivity index (χ1n) is 5.53. The van der Waals surface area contributed by atoms with Crippen LogP contribution in [0.25, 0.3) is 0 Å². The first kappa shape index (κ1) is 12.4. The van der Waals surface area contributed by atoms with E-state index in [4.69, 9.17) is 5.73 Å². The highest BCUT2D eigenvalue weighted by atomic mass is 127. The van der Waals surface area contributed by atoms with E-state index in [0.717, 1.165) is 16.6 Å². The smallest absolute Gasteiger partial charge is 0.0576 e. The summed E-state index contributed by atoms with van der Waals surface area (Å²) < 4.78 is 1.19. The van der Waals surface area contributed by atoms with Gasteiger partial charge in [0.1, 0.15) is 0 Å². The van der Waals surface area contributed by atoms with Crippen LogP contribution in [0.1, 0.15) is 19.3 Å². The second kappa shape index (κ2) is 5.49. The highest BCUT2D eigenvalue weighted by molar-refractivity contribution is 14.1. The number of benzene rings is 1. The van der Waals surface area contributed by atoms with Gasteiger partial charge in [-0.15, -0.1) is 0 Å². The van der Waals surface area contributed by atoms with E-state index in [1.54, 1.807) is 0 Å². The van der Waals surface area contributed by atoms with Crippen molar-refractivity contribution in [1.29, 1.82) is 0 Å². The van der Waals surface area contributed by atoms with Gasteiger partial charge in [-0.3, -0.25) is 0 Å². The SMILES string of the molecule is CSC1CCC(Nc2ccc(I)cc2N)C1. The third-order valence-electron chi connectivity index (χ3n) is 3.09. The normalized spacial score (nSPS) is 24.6. The Morgan fingerprint density at radius 3 is 2.88 bits per heavy atom. The van der Waals surface area contributed by atoms with Crippen LogP contribution in [0.5, 0.6) is 0 Å². The summed E-state index contributed by atoms with van der Waals surface area (Å²) in [5, 5.41) is 4.38. The third kappa shape index (κ3) is 2.97. The van der Waals surface area contributed by atoms with Crippen molar-refractivity contribution in [3.05, 3.63) is 21.8 Å². The minimum absolute atomic E-state index is 0.597. The van der Waals surface area contributed by atoms with Crippen LogP contribution >= 0.6 is 34.4 Å². The van der Waals surface area contributed by atoms with Crippen molar-refractivity contribution < 1.29 is 0 Å². The summed E-state index contributed by atoms with van der Waals surface area (Å²) in [6.45, 7) is 0. The fraction of sp³-hybridized carbons (Fsp3) is 0.500. The third-order valence-corrected chi connectivity index (χ3v) is 4.86. The van der Waals surface area contributed by atoms with E-state index in [2.05, 4.69) is 46.3 Å². The highest BCUT2D eigenvalue weighted by Gasteiger charge is 2.23. The highest BCUT2D eigenvalue weighted by Crippen LogP contribution is 2.31. The zero-order valence-electron chi connectivity index (χ0n) is 9.37. The summed E-state index contributed by atoms with van der Waals surface area (Å²) in [5.41, 5.74) is 7.94. The van der Waals surface area contributed by atoms with Gasteiger partial charge in [0.05, 0.1) is 11.4 Å². The Morgan fingerprint density at radius 2 is 2.25 bits per heavy atom. The summed E-state index contributed by atoms with van der Waals surface area (Å²) in [4.78, 5) is 0. The van der Waals surface area contributed by atoms with E-state index in [1.807, 2.05) is 17.8 Å². The summed E-state index contributed by atoms with van der Waals surface area (Å²) in [7, 11) is 0. The van der Waals surface area contributed by atoms with Crippen molar-refractivity contribution in [3.63, 3.8) is 0 Å². The lowest BCUT2D eigenvalue weighted by Gasteiger charge is -2.16. The predicted molar refractivity (Wildman–Crippen MR) is 82.1 cm³/mol. The molecule has 3 N–H and O–H groups in total. The van der Waals surface area contributed by atoms with Crippen molar-refractivity contribution >= 4 is 45.7 Å². The number of nitrogens with one attached hydrogen (secondary N) is 1. The molecule has 1 aliphatic carbocycles. The minimum atomic E-state index is 0.597. The molecule has 4 heteroatoms. The maximum atomic E-state index is 5.99. The molecule has 2 unspecified atom stereocenters. The standard InChI is InChI=1S/C12H17IN2S/c1-16-10-4-3-9(7-10)15-12-5-2-8(13)6-11(12)14/h2,5-6,9-10,15H,3-4,7,14H2,1H3. The van der Waals surface area contributed by atoms with Gasteiger partial charge in [0.2, 0.25) is 0 Å². The molecular formula is C12H17IN2S. The lowest BCUT2D eigenvalue weighted by atomic mass is 10.2. The van der Waals surface area contributed by atoms with E-state index in [-0.39, 0.29) is 0 Å². The van der Waals surface area contributed by atoms with E-state index < -0.39 is 0 Å². The molecule has 1 saturated carbocycles. The van der Waals surface area contributed by atoms with Gasteiger partial charge in [-0.25, -0.2) is 0 Å². The summed E-state index contributed by atoms with van der Waals surface area (Å²) in [6.07, 6.45) is 6.04. The van der Waals surface area contributed by atoms with Crippen LogP contribution in [-0.2, 0) is 0 Å². The monoisotopic (exact) mass is 348 g/mol. The number of hydrogen-bond acceptors (Lipinski definition) is 3. The first-order valence-corrected chi connectivity index (χ1v) is 7.90. The second-order valence-corrected chi connectivity index (χ2v) is 6.63. The number of nitrogen functional groups attached to an aromatic ring is 1. The lowest BCUT2D eigenvalue weighted by Crippen LogP contribution is -2.16. The number of hydrogen-bond donors (Lipinski definition) is 2. The lowest BCUT2D eigenvalue weighted by molar-refractivity contribution is 0.757. The van der Waals surface area contributed by atoms with Crippen LogP contribution in [0.15, 0.2) is 18.2 Å². The first-order chi connectivity index (χ1) is 7.69. The fourth-order valence-electron chi connectivity index (χ4n) is 2.17. The summed E-state index contributed by atoms with van der Waals surface area (Å²) >= 11 is 4.27. The number of rotatable bonds is 3. The Bertz CT molecular complexity index is 370. The quantitative estimate of drug-likeness (QED) is 0.648. The van der Waals surface area contributed by atoms with Crippen molar-refractivity contribution in [3.8, 4) is 0 Å². The molecule has 0 spiro atoms. The molecular weight excluding hydrogens is 331 g/mol. The molecule has 0 bridgehead atoms. The molecule has 0 radical (unpaired) electrons. The number of nitrogens with two attached hydrogens (primary N) is 1. The van der Waals surface area contributed by atoms with Gasteiger partial charge >= 0.3 is 0 Å². The molecule has 1 aromatic carbocycles. The molecule has 1 fully saturated rings. The molecule has 1 aromatic rings. The van der Waals surface area contributed by atoms with Gasteiger partial charge in [0, 0.05) is 14.9 Å². The average molecular weight is 348 g/mol. The molecule has 2 atom stereocenters. The Hall–Kier alpha value is -0.100. The Kier molecular flexibility index (Phi) is 4.24. The topological polar surface area (TPSA) is 38.0 Å². The van der Waals surface area contributed by atoms with Crippen LogP contribution < -0.4 is 11.1 Å². The molecule has 0 aliphatic heterocycles. The maximum absolute atomic E-state index is 5.99. The van der Waals surface area contributed by atoms with Gasteiger partial charge in [-0.1, -0.05) is 0 Å². The van der Waals surface area contributed by atoms with Gasteiger partial charge in [-0.2, -0.15) is 11.8 Å². The molecule has 0 heterocycles. The molecule has 2 nitrogen and oxygen atoms in total. The van der Waals surface area contributed by atoms with Crippen LogP contribution in [0.4, 0.5) is 11.4 Å². The number of anilines is 2. The van der Waals surface area contributed by atoms with Crippen LogP contribution in [0, 0.1) is 3.57 Å². The van der Waals surface area contributed by atoms with Crippen molar-refractivity contribution in [2.45, 2.75) is 30.6 Å². The fourth-order valence-corrected chi connectivity index (χ4v) is 3.48. The van der Waals surface area contributed by atoms with Gasteiger partial charge < -0.3 is 11.1 Å². The Labute approximate surface area is 115 Å². The van der Waals surface area contributed by atoms with E-state index in [1.165, 1.54) is 22.8 Å². The van der Waals surface area contributed by atoms with Crippen molar-refractivity contribution in [2.75, 3.05) is 17.3 Å². The van der Waals surface area contributed by atoms with Crippen LogP contribution in [-0.4, -0.2) is 17.5 Å². The molecule has 0 aromatic heterocycles. The van der Waals surface area contributed by atoms with E-state index in [0.29, 0.717) is 6.04 Å². The van der Waals surface area contributed by atoms with Crippen LogP contribution in [0.2, 0.25) is 0 Å². The zero-order valence-corrected chi connectivity index (χ0v) is 12.3. The molecule has 0 saturated heterocycles. The van der Waals surface area contributed by atoms with Crippen molar-refractivity contribution in [2.24, 2.45) is 0 Å². The molecule has 2 rings (SSSR count). The molecule has 1 aliphatic rings. The van der Waals surface area contributed by atoms with Gasteiger partial charge in [0.15, 0.2) is 0 Å². The number of halogens is 1. The molecule has 0 amide bonds. The maximum Gasteiger partial charge on any atom is 0.0576 e. The van der Waals surface area contributed by atoms with E-state index >= 15 is 0 Å². The van der Waals surface area contributed by atoms with Gasteiger partial charge in [-0.05, 0) is 66.3 Å². The number of thioether (sulfide) groups is 1. The Morgan fingerprint density at radius 1 is 1.44 bits per heavy atom. The average Bonchev–Trinajstić information content (AvgIpc) is 2.70. The summed E-state index contributed by atoms with van der Waals surface area (Å²) in [6, 6.07) is 6.80. The second-order valence-electron chi connectivity index (χ2n) is 4.24. The largest absolute Gasteiger partial charge is 0.397 e. The van der Waals surface area contributed by atoms with E-state index in [9.17, 15) is 0 Å². The Balaban J connectivity index is 1.99. The predicted octanol–water partition coefficient (Wildman–Crippen LogP) is 3.57. The zero-order chi connectivity index (χ0) is 11.5.